The molecule has 0 atom stereocenters. The van der Waals surface area contributed by atoms with Crippen LogP contribution in [-0.4, -0.2) is 15.3 Å². The Balaban J connectivity index is 2.21. The van der Waals surface area contributed by atoms with Gasteiger partial charge in [0.15, 0.2) is 5.78 Å². The van der Waals surface area contributed by atoms with E-state index in [9.17, 15) is 9.59 Å². The van der Waals surface area contributed by atoms with Crippen molar-refractivity contribution in [1.82, 2.24) is 9.55 Å². The zero-order valence-electron chi connectivity index (χ0n) is 8.54. The third-order valence-corrected chi connectivity index (χ3v) is 2.20. The molecule has 0 spiro atoms. The molecule has 0 aliphatic carbocycles. The predicted octanol–water partition coefficient (Wildman–Crippen LogP) is 1.13. The molecule has 0 N–H and O–H groups in total. The summed E-state index contributed by atoms with van der Waals surface area (Å²) in [5.41, 5.74) is 0.373. The summed E-state index contributed by atoms with van der Waals surface area (Å²) in [6.45, 7) is 0.0245. The van der Waals surface area contributed by atoms with Crippen LogP contribution in [0.1, 0.15) is 10.4 Å². The van der Waals surface area contributed by atoms with Gasteiger partial charge >= 0.3 is 0 Å². The average molecular weight is 214 g/mol. The van der Waals surface area contributed by atoms with Crippen LogP contribution in [-0.2, 0) is 6.54 Å². The maximum Gasteiger partial charge on any atom is 0.253 e. The zero-order valence-corrected chi connectivity index (χ0v) is 8.54. The van der Waals surface area contributed by atoms with Crippen LogP contribution in [0.15, 0.2) is 53.7 Å². The molecule has 2 aromatic rings. The Morgan fingerprint density at radius 2 is 1.94 bits per heavy atom. The molecular weight excluding hydrogens is 204 g/mol. The lowest BCUT2D eigenvalue weighted by atomic mass is 10.1. The lowest BCUT2D eigenvalue weighted by molar-refractivity contribution is 0.0970. The number of hydrogen-bond donors (Lipinski definition) is 0. The number of nitrogens with zero attached hydrogens (tertiary/aromatic N) is 2. The SMILES string of the molecule is O=C(Cn1cnccc1=O)c1ccccc1. The van der Waals surface area contributed by atoms with Crippen LogP contribution in [0.5, 0.6) is 0 Å². The molecule has 1 heterocycles. The number of benzene rings is 1. The Morgan fingerprint density at radius 1 is 1.19 bits per heavy atom. The number of rotatable bonds is 3. The third kappa shape index (κ3) is 2.23. The van der Waals surface area contributed by atoms with Gasteiger partial charge in [-0.3, -0.25) is 14.2 Å². The zero-order chi connectivity index (χ0) is 11.4. The van der Waals surface area contributed by atoms with Gasteiger partial charge in [0.1, 0.15) is 0 Å². The molecule has 0 fully saturated rings. The molecule has 0 unspecified atom stereocenters. The molecule has 0 saturated heterocycles. The summed E-state index contributed by atoms with van der Waals surface area (Å²) in [4.78, 5) is 26.9. The number of ketones is 1. The fourth-order valence-corrected chi connectivity index (χ4v) is 1.37. The highest BCUT2D eigenvalue weighted by Gasteiger charge is 2.06. The predicted molar refractivity (Wildman–Crippen MR) is 59.3 cm³/mol. The van der Waals surface area contributed by atoms with Crippen LogP contribution in [0.2, 0.25) is 0 Å². The van der Waals surface area contributed by atoms with Crippen molar-refractivity contribution in [1.29, 1.82) is 0 Å². The molecule has 16 heavy (non-hydrogen) atoms. The van der Waals surface area contributed by atoms with Crippen LogP contribution in [0.25, 0.3) is 0 Å². The summed E-state index contributed by atoms with van der Waals surface area (Å²) >= 11 is 0. The van der Waals surface area contributed by atoms with E-state index in [1.54, 1.807) is 24.3 Å². The van der Waals surface area contributed by atoms with E-state index in [0.717, 1.165) is 0 Å². The van der Waals surface area contributed by atoms with Crippen molar-refractivity contribution in [2.45, 2.75) is 6.54 Å². The van der Waals surface area contributed by atoms with Crippen LogP contribution >= 0.6 is 0 Å². The van der Waals surface area contributed by atoms with E-state index in [1.165, 1.54) is 23.2 Å². The fourth-order valence-electron chi connectivity index (χ4n) is 1.37. The van der Waals surface area contributed by atoms with Crippen LogP contribution in [0, 0.1) is 0 Å². The molecule has 2 rings (SSSR count). The van der Waals surface area contributed by atoms with Gasteiger partial charge in [0.05, 0.1) is 12.9 Å². The van der Waals surface area contributed by atoms with E-state index in [2.05, 4.69) is 4.98 Å². The minimum atomic E-state index is -0.223. The monoisotopic (exact) mass is 214 g/mol. The van der Waals surface area contributed by atoms with Crippen LogP contribution in [0.3, 0.4) is 0 Å². The molecule has 4 nitrogen and oxygen atoms in total. The Bertz CT molecular complexity index is 546. The Kier molecular flexibility index (Phi) is 2.91. The molecule has 80 valence electrons. The van der Waals surface area contributed by atoms with Crippen molar-refractivity contribution in [2.24, 2.45) is 0 Å². The van der Waals surface area contributed by atoms with Gasteiger partial charge in [0.25, 0.3) is 5.56 Å². The average Bonchev–Trinajstić information content (AvgIpc) is 2.33. The highest BCUT2D eigenvalue weighted by atomic mass is 16.1. The topological polar surface area (TPSA) is 52.0 Å². The summed E-state index contributed by atoms with van der Waals surface area (Å²) in [6.07, 6.45) is 2.77. The smallest absolute Gasteiger partial charge is 0.253 e. The molecule has 4 heteroatoms. The van der Waals surface area contributed by atoms with Gasteiger partial charge in [0.2, 0.25) is 0 Å². The number of carbonyl (C=O) groups excluding carboxylic acids is 1. The Labute approximate surface area is 92.2 Å². The summed E-state index contributed by atoms with van der Waals surface area (Å²) in [5, 5.41) is 0. The van der Waals surface area contributed by atoms with E-state index in [-0.39, 0.29) is 17.9 Å². The molecule has 0 amide bonds. The van der Waals surface area contributed by atoms with Gasteiger partial charge < -0.3 is 0 Å². The highest BCUT2D eigenvalue weighted by Crippen LogP contribution is 2.00. The normalized spacial score (nSPS) is 10.0. The molecule has 0 bridgehead atoms. The lowest BCUT2D eigenvalue weighted by Crippen LogP contribution is -2.23. The van der Waals surface area contributed by atoms with E-state index in [0.29, 0.717) is 5.56 Å². The largest absolute Gasteiger partial charge is 0.292 e. The van der Waals surface area contributed by atoms with E-state index >= 15 is 0 Å². The first kappa shape index (κ1) is 10.3. The van der Waals surface area contributed by atoms with E-state index in [1.807, 2.05) is 6.07 Å². The van der Waals surface area contributed by atoms with Crippen molar-refractivity contribution >= 4 is 5.78 Å². The minimum absolute atomic E-state index is 0.0245. The number of carbonyl (C=O) groups is 1. The second-order valence-electron chi connectivity index (χ2n) is 3.34. The van der Waals surface area contributed by atoms with Crippen LogP contribution < -0.4 is 5.56 Å². The van der Waals surface area contributed by atoms with Crippen molar-refractivity contribution in [3.63, 3.8) is 0 Å². The van der Waals surface area contributed by atoms with Gasteiger partial charge in [0, 0.05) is 17.8 Å². The quantitative estimate of drug-likeness (QED) is 0.719. The first-order valence-corrected chi connectivity index (χ1v) is 4.86. The maximum absolute atomic E-state index is 11.8. The van der Waals surface area contributed by atoms with Crippen molar-refractivity contribution in [2.75, 3.05) is 0 Å². The summed E-state index contributed by atoms with van der Waals surface area (Å²) < 4.78 is 1.29. The summed E-state index contributed by atoms with van der Waals surface area (Å²) in [7, 11) is 0. The third-order valence-electron chi connectivity index (χ3n) is 2.20. The van der Waals surface area contributed by atoms with Crippen molar-refractivity contribution in [3.05, 3.63) is 64.8 Å². The molecule has 0 radical (unpaired) electrons. The molecule has 1 aromatic carbocycles. The number of hydrogen-bond acceptors (Lipinski definition) is 3. The molecule has 0 aliphatic heterocycles. The molecule has 0 aliphatic rings. The maximum atomic E-state index is 11.8. The van der Waals surface area contributed by atoms with Crippen LogP contribution in [0.4, 0.5) is 0 Å². The standard InChI is InChI=1S/C12H10N2O2/c15-11(10-4-2-1-3-5-10)8-14-9-13-7-6-12(14)16/h1-7,9H,8H2. The Hall–Kier alpha value is -2.23. The fraction of sp³-hybridized carbons (Fsp3) is 0.0833. The minimum Gasteiger partial charge on any atom is -0.292 e. The second-order valence-corrected chi connectivity index (χ2v) is 3.34. The summed E-state index contributed by atoms with van der Waals surface area (Å²) in [5.74, 6) is -0.101. The number of aromatic nitrogens is 2. The van der Waals surface area contributed by atoms with E-state index in [4.69, 9.17) is 0 Å². The van der Waals surface area contributed by atoms with Gasteiger partial charge in [-0.25, -0.2) is 4.98 Å². The first-order chi connectivity index (χ1) is 7.77. The lowest BCUT2D eigenvalue weighted by Gasteiger charge is -2.03. The van der Waals surface area contributed by atoms with Gasteiger partial charge in [-0.15, -0.1) is 0 Å². The second kappa shape index (κ2) is 4.53. The first-order valence-electron chi connectivity index (χ1n) is 4.86. The van der Waals surface area contributed by atoms with Gasteiger partial charge in [-0.2, -0.15) is 0 Å². The van der Waals surface area contributed by atoms with E-state index < -0.39 is 0 Å². The Morgan fingerprint density at radius 3 is 2.62 bits per heavy atom. The van der Waals surface area contributed by atoms with Gasteiger partial charge in [-0.05, 0) is 0 Å². The van der Waals surface area contributed by atoms with Crippen molar-refractivity contribution < 1.29 is 4.79 Å². The summed E-state index contributed by atoms with van der Waals surface area (Å²) in [6, 6.07) is 10.2. The highest BCUT2D eigenvalue weighted by molar-refractivity contribution is 5.95. The molecule has 1 aromatic heterocycles. The molecule has 0 saturated carbocycles. The van der Waals surface area contributed by atoms with Crippen molar-refractivity contribution in [3.8, 4) is 0 Å². The number of Topliss-reactive ketones (excluding diaryl/α,β-unsaturated/α-hetero) is 1. The van der Waals surface area contributed by atoms with Gasteiger partial charge in [-0.1, -0.05) is 30.3 Å². The molecular formula is C12H10N2O2.